The van der Waals surface area contributed by atoms with E-state index in [0.717, 1.165) is 51.0 Å². The van der Waals surface area contributed by atoms with Gasteiger partial charge in [0.1, 0.15) is 17.0 Å². The van der Waals surface area contributed by atoms with Gasteiger partial charge in [0.25, 0.3) is 0 Å². The number of piperidine rings is 1. The van der Waals surface area contributed by atoms with Crippen LogP contribution in [0.15, 0.2) is 47.6 Å². The van der Waals surface area contributed by atoms with Crippen molar-refractivity contribution in [2.45, 2.75) is 94.3 Å². The van der Waals surface area contributed by atoms with Crippen LogP contribution in [0.1, 0.15) is 93.4 Å². The number of hydrogen-bond acceptors (Lipinski definition) is 4. The third kappa shape index (κ3) is 3.66. The maximum Gasteiger partial charge on any atom is 0.145 e. The molecule has 0 bridgehead atoms. The van der Waals surface area contributed by atoms with Gasteiger partial charge in [-0.05, 0) is 68.6 Å². The summed E-state index contributed by atoms with van der Waals surface area (Å²) in [5.41, 5.74) is 7.05. The molecule has 0 radical (unpaired) electrons. The SMILES string of the molecule is CC1(C)CC2(CC2)c2cc(CN3CCC4(CC3)CC(c3ccccc3)=NO4)cc(C3CC3)c2O1. The molecule has 2 spiro atoms. The molecular formula is C30H36N2O2. The van der Waals surface area contributed by atoms with Crippen LogP contribution in [0.4, 0.5) is 0 Å². The Balaban J connectivity index is 1.07. The van der Waals surface area contributed by atoms with Gasteiger partial charge in [-0.2, -0.15) is 0 Å². The van der Waals surface area contributed by atoms with Gasteiger partial charge in [0, 0.05) is 49.9 Å². The fourth-order valence-corrected chi connectivity index (χ4v) is 6.78. The highest BCUT2D eigenvalue weighted by molar-refractivity contribution is 6.01. The Kier molecular flexibility index (Phi) is 4.53. The smallest absolute Gasteiger partial charge is 0.145 e. The number of hydrogen-bond donors (Lipinski definition) is 0. The van der Waals surface area contributed by atoms with E-state index in [9.17, 15) is 0 Å². The zero-order chi connectivity index (χ0) is 23.0. The summed E-state index contributed by atoms with van der Waals surface area (Å²) in [7, 11) is 0. The minimum Gasteiger partial charge on any atom is -0.487 e. The van der Waals surface area contributed by atoms with Gasteiger partial charge in [0.2, 0.25) is 0 Å². The highest BCUT2D eigenvalue weighted by Crippen LogP contribution is 2.62. The third-order valence-corrected chi connectivity index (χ3v) is 8.88. The molecule has 2 aromatic carbocycles. The van der Waals surface area contributed by atoms with E-state index in [-0.39, 0.29) is 11.2 Å². The van der Waals surface area contributed by atoms with Gasteiger partial charge in [-0.15, -0.1) is 0 Å². The van der Waals surface area contributed by atoms with E-state index in [1.54, 1.807) is 0 Å². The monoisotopic (exact) mass is 456 g/mol. The van der Waals surface area contributed by atoms with Crippen molar-refractivity contribution in [1.29, 1.82) is 0 Å². The van der Waals surface area contributed by atoms with Gasteiger partial charge < -0.3 is 9.57 Å². The summed E-state index contributed by atoms with van der Waals surface area (Å²) in [4.78, 5) is 8.71. The first-order chi connectivity index (χ1) is 16.4. The van der Waals surface area contributed by atoms with Crippen molar-refractivity contribution in [2.75, 3.05) is 13.1 Å². The van der Waals surface area contributed by atoms with Crippen LogP contribution >= 0.6 is 0 Å². The third-order valence-electron chi connectivity index (χ3n) is 8.88. The molecule has 3 aliphatic heterocycles. The first-order valence-corrected chi connectivity index (χ1v) is 13.3. The molecule has 5 aliphatic rings. The molecule has 3 heterocycles. The van der Waals surface area contributed by atoms with Crippen LogP contribution in [0.2, 0.25) is 0 Å². The molecule has 0 amide bonds. The maximum atomic E-state index is 6.64. The molecule has 0 atom stereocenters. The second-order valence-electron chi connectivity index (χ2n) is 12.3. The maximum absolute atomic E-state index is 6.64. The molecule has 4 nitrogen and oxygen atoms in total. The number of ether oxygens (including phenoxy) is 1. The molecule has 7 rings (SSSR count). The Morgan fingerprint density at radius 2 is 1.76 bits per heavy atom. The minimum atomic E-state index is -0.103. The lowest BCUT2D eigenvalue weighted by Gasteiger charge is -2.40. The summed E-state index contributed by atoms with van der Waals surface area (Å²) in [6.07, 6.45) is 9.49. The molecule has 3 fully saturated rings. The standard InChI is InChI=1S/C30H36N2O2/c1-28(2)20-29(10-11-29)25-17-21(16-24(22-8-9-22)27(25)33-28)19-32-14-12-30(13-15-32)18-26(31-34-30)23-6-4-3-5-7-23/h3-7,16-17,22H,8-15,18-20H2,1-2H3. The lowest BCUT2D eigenvalue weighted by Crippen LogP contribution is -2.44. The van der Waals surface area contributed by atoms with Crippen LogP contribution in [-0.4, -0.2) is 34.9 Å². The van der Waals surface area contributed by atoms with Crippen LogP contribution in [0.25, 0.3) is 0 Å². The molecule has 2 aliphatic carbocycles. The molecule has 178 valence electrons. The van der Waals surface area contributed by atoms with Crippen LogP contribution in [0.5, 0.6) is 5.75 Å². The minimum absolute atomic E-state index is 0.0438. The Labute approximate surface area is 203 Å². The van der Waals surface area contributed by atoms with E-state index in [1.165, 1.54) is 53.7 Å². The van der Waals surface area contributed by atoms with Crippen molar-refractivity contribution in [3.63, 3.8) is 0 Å². The normalized spacial score (nSPS) is 26.0. The second kappa shape index (κ2) is 7.34. The van der Waals surface area contributed by atoms with Crippen molar-refractivity contribution in [1.82, 2.24) is 4.90 Å². The molecule has 4 heteroatoms. The van der Waals surface area contributed by atoms with Gasteiger partial charge in [-0.25, -0.2) is 0 Å². The molecule has 0 N–H and O–H groups in total. The van der Waals surface area contributed by atoms with E-state index >= 15 is 0 Å². The topological polar surface area (TPSA) is 34.1 Å². The molecule has 2 aromatic rings. The predicted octanol–water partition coefficient (Wildman–Crippen LogP) is 6.32. The summed E-state index contributed by atoms with van der Waals surface area (Å²) < 4.78 is 6.64. The highest BCUT2D eigenvalue weighted by Gasteiger charge is 2.54. The van der Waals surface area contributed by atoms with Crippen LogP contribution in [0.3, 0.4) is 0 Å². The van der Waals surface area contributed by atoms with E-state index in [1.807, 2.05) is 0 Å². The summed E-state index contributed by atoms with van der Waals surface area (Å²) in [5.74, 6) is 1.96. The molecule has 0 aromatic heterocycles. The average Bonchev–Trinajstić information content (AvgIpc) is 3.76. The van der Waals surface area contributed by atoms with Crippen molar-refractivity contribution in [2.24, 2.45) is 5.16 Å². The summed E-state index contributed by atoms with van der Waals surface area (Å²) in [6.45, 7) is 7.74. The lowest BCUT2D eigenvalue weighted by molar-refractivity contribution is -0.0627. The van der Waals surface area contributed by atoms with Crippen molar-refractivity contribution in [3.8, 4) is 5.75 Å². The van der Waals surface area contributed by atoms with Gasteiger partial charge >= 0.3 is 0 Å². The molecule has 2 saturated carbocycles. The van der Waals surface area contributed by atoms with E-state index in [4.69, 9.17) is 9.57 Å². The van der Waals surface area contributed by atoms with Gasteiger partial charge in [-0.1, -0.05) is 47.6 Å². The first-order valence-electron chi connectivity index (χ1n) is 13.3. The zero-order valence-electron chi connectivity index (χ0n) is 20.6. The number of benzene rings is 2. The largest absolute Gasteiger partial charge is 0.487 e. The second-order valence-corrected chi connectivity index (χ2v) is 12.3. The van der Waals surface area contributed by atoms with E-state index in [2.05, 4.69) is 66.4 Å². The summed E-state index contributed by atoms with van der Waals surface area (Å²) in [5, 5.41) is 4.50. The Bertz CT molecular complexity index is 1140. The van der Waals surface area contributed by atoms with Crippen molar-refractivity contribution >= 4 is 5.71 Å². The number of nitrogens with zero attached hydrogens (tertiary/aromatic N) is 2. The van der Waals surface area contributed by atoms with Crippen LogP contribution < -0.4 is 4.74 Å². The van der Waals surface area contributed by atoms with Gasteiger partial charge in [-0.3, -0.25) is 4.90 Å². The molecular weight excluding hydrogens is 420 g/mol. The Hall–Kier alpha value is -2.33. The van der Waals surface area contributed by atoms with Gasteiger partial charge in [0.05, 0.1) is 5.71 Å². The molecule has 0 unspecified atom stereocenters. The summed E-state index contributed by atoms with van der Waals surface area (Å²) >= 11 is 0. The average molecular weight is 457 g/mol. The number of likely N-dealkylation sites (tertiary alicyclic amines) is 1. The highest BCUT2D eigenvalue weighted by atomic mass is 16.7. The predicted molar refractivity (Wildman–Crippen MR) is 135 cm³/mol. The zero-order valence-corrected chi connectivity index (χ0v) is 20.6. The summed E-state index contributed by atoms with van der Waals surface area (Å²) in [6, 6.07) is 15.5. The Morgan fingerprint density at radius 1 is 1.00 bits per heavy atom. The van der Waals surface area contributed by atoms with E-state index in [0.29, 0.717) is 11.3 Å². The van der Waals surface area contributed by atoms with Gasteiger partial charge in [0.15, 0.2) is 0 Å². The Morgan fingerprint density at radius 3 is 2.47 bits per heavy atom. The lowest BCUT2D eigenvalue weighted by atomic mass is 9.79. The first kappa shape index (κ1) is 21.0. The van der Waals surface area contributed by atoms with Crippen molar-refractivity contribution < 1.29 is 9.57 Å². The van der Waals surface area contributed by atoms with Crippen LogP contribution in [-0.2, 0) is 16.8 Å². The fourth-order valence-electron chi connectivity index (χ4n) is 6.78. The number of rotatable bonds is 4. The quantitative estimate of drug-likeness (QED) is 0.540. The number of fused-ring (bicyclic) bond motifs is 2. The van der Waals surface area contributed by atoms with E-state index < -0.39 is 0 Å². The van der Waals surface area contributed by atoms with Crippen molar-refractivity contribution in [3.05, 3.63) is 64.7 Å². The van der Waals surface area contributed by atoms with Crippen LogP contribution in [0, 0.1) is 0 Å². The molecule has 34 heavy (non-hydrogen) atoms. The molecule has 1 saturated heterocycles. The number of oxime groups is 1. The fraction of sp³-hybridized carbons (Fsp3) is 0.567.